The lowest BCUT2D eigenvalue weighted by Crippen LogP contribution is -2.22. The van der Waals surface area contributed by atoms with Gasteiger partial charge in [-0.2, -0.15) is 14.8 Å². The van der Waals surface area contributed by atoms with E-state index >= 15 is 0 Å². The van der Waals surface area contributed by atoms with Crippen LogP contribution in [0.25, 0.3) is 39.4 Å². The molecule has 0 bridgehead atoms. The molecule has 0 amide bonds. The van der Waals surface area contributed by atoms with Crippen molar-refractivity contribution in [3.8, 4) is 28.7 Å². The molecule has 0 aliphatic carbocycles. The van der Waals surface area contributed by atoms with Gasteiger partial charge in [-0.05, 0) is 36.4 Å². The van der Waals surface area contributed by atoms with Crippen molar-refractivity contribution < 1.29 is 4.52 Å². The van der Waals surface area contributed by atoms with Crippen LogP contribution in [0.3, 0.4) is 0 Å². The number of hydrogen-bond donors (Lipinski definition) is 0. The van der Waals surface area contributed by atoms with E-state index in [1.165, 1.54) is 4.68 Å². The van der Waals surface area contributed by atoms with Gasteiger partial charge in [0.05, 0.1) is 11.1 Å². The van der Waals surface area contributed by atoms with Gasteiger partial charge in [0, 0.05) is 28.4 Å². The minimum absolute atomic E-state index is 0.204. The highest BCUT2D eigenvalue weighted by atomic mass is 35.5. The number of pyridine rings is 1. The monoisotopic (exact) mass is 401 g/mol. The third-order valence-electron chi connectivity index (χ3n) is 4.41. The van der Waals surface area contributed by atoms with E-state index in [9.17, 15) is 4.79 Å². The van der Waals surface area contributed by atoms with E-state index in [-0.39, 0.29) is 11.4 Å². The first-order chi connectivity index (χ1) is 14.2. The number of halogens is 1. The van der Waals surface area contributed by atoms with Crippen LogP contribution < -0.4 is 5.56 Å². The molecule has 7 nitrogen and oxygen atoms in total. The molecule has 140 valence electrons. The molecule has 0 saturated carbocycles. The molecule has 0 radical (unpaired) electrons. The summed E-state index contributed by atoms with van der Waals surface area (Å²) in [7, 11) is 0. The lowest BCUT2D eigenvalue weighted by atomic mass is 10.1. The molecule has 5 aromatic rings. The first kappa shape index (κ1) is 17.3. The minimum Gasteiger partial charge on any atom is -0.332 e. The fourth-order valence-corrected chi connectivity index (χ4v) is 3.25. The van der Waals surface area contributed by atoms with Crippen molar-refractivity contribution >= 4 is 22.4 Å². The maximum atomic E-state index is 13.0. The predicted octanol–water partition coefficient (Wildman–Crippen LogP) is 4.15. The van der Waals surface area contributed by atoms with E-state index < -0.39 is 0 Å². The molecule has 2 aromatic carbocycles. The second-order valence-electron chi connectivity index (χ2n) is 6.26. The lowest BCUT2D eigenvalue weighted by molar-refractivity contribution is 0.430. The molecular weight excluding hydrogens is 390 g/mol. The molecule has 0 spiro atoms. The number of benzene rings is 2. The third-order valence-corrected chi connectivity index (χ3v) is 4.64. The summed E-state index contributed by atoms with van der Waals surface area (Å²) in [6.45, 7) is 0. The van der Waals surface area contributed by atoms with E-state index in [0.717, 1.165) is 5.56 Å². The molecule has 0 unspecified atom stereocenters. The summed E-state index contributed by atoms with van der Waals surface area (Å²) in [5.74, 6) is 0.593. The second-order valence-corrected chi connectivity index (χ2v) is 6.69. The highest BCUT2D eigenvalue weighted by Gasteiger charge is 2.19. The molecule has 3 aromatic heterocycles. The highest BCUT2D eigenvalue weighted by Crippen LogP contribution is 2.26. The van der Waals surface area contributed by atoms with Gasteiger partial charge in [-0.15, -0.1) is 0 Å². The average molecular weight is 402 g/mol. The van der Waals surface area contributed by atoms with Gasteiger partial charge < -0.3 is 4.52 Å². The SMILES string of the molecule is O=c1c2ccccc2c(-c2nc(-c3cccnc3)no2)nn1-c1cccc(Cl)c1. The van der Waals surface area contributed by atoms with Crippen LogP contribution in [-0.2, 0) is 0 Å². The largest absolute Gasteiger partial charge is 0.332 e. The van der Waals surface area contributed by atoms with Crippen molar-refractivity contribution in [2.75, 3.05) is 0 Å². The van der Waals surface area contributed by atoms with Crippen molar-refractivity contribution in [3.05, 3.63) is 88.4 Å². The van der Waals surface area contributed by atoms with Crippen LogP contribution in [0.15, 0.2) is 82.4 Å². The van der Waals surface area contributed by atoms with Gasteiger partial charge in [0.15, 0.2) is 5.69 Å². The maximum absolute atomic E-state index is 13.0. The van der Waals surface area contributed by atoms with E-state index in [2.05, 4.69) is 20.2 Å². The van der Waals surface area contributed by atoms with Gasteiger partial charge in [0.1, 0.15) is 0 Å². The molecular formula is C21H12ClN5O2. The number of nitrogens with zero attached hydrogens (tertiary/aromatic N) is 5. The minimum atomic E-state index is -0.265. The van der Waals surface area contributed by atoms with Crippen molar-refractivity contribution in [2.45, 2.75) is 0 Å². The Balaban J connectivity index is 1.75. The van der Waals surface area contributed by atoms with Gasteiger partial charge in [0.25, 0.3) is 11.4 Å². The lowest BCUT2D eigenvalue weighted by Gasteiger charge is -2.09. The fourth-order valence-electron chi connectivity index (χ4n) is 3.06. The van der Waals surface area contributed by atoms with Crippen molar-refractivity contribution in [1.29, 1.82) is 0 Å². The first-order valence-electron chi connectivity index (χ1n) is 8.73. The van der Waals surface area contributed by atoms with Crippen LogP contribution in [0.1, 0.15) is 0 Å². The summed E-state index contributed by atoms with van der Waals surface area (Å²) in [4.78, 5) is 21.6. The van der Waals surface area contributed by atoms with E-state index in [1.54, 1.807) is 60.9 Å². The number of hydrogen-bond acceptors (Lipinski definition) is 6. The normalized spacial score (nSPS) is 11.1. The summed E-state index contributed by atoms with van der Waals surface area (Å²) in [5, 5.41) is 10.2. The van der Waals surface area contributed by atoms with Crippen molar-refractivity contribution in [2.24, 2.45) is 0 Å². The summed E-state index contributed by atoms with van der Waals surface area (Å²) < 4.78 is 6.76. The molecule has 0 aliphatic heterocycles. The van der Waals surface area contributed by atoms with Gasteiger partial charge in [-0.25, -0.2) is 0 Å². The summed E-state index contributed by atoms with van der Waals surface area (Å²) in [5.41, 5.74) is 1.40. The molecule has 3 heterocycles. The summed E-state index contributed by atoms with van der Waals surface area (Å²) >= 11 is 6.10. The Kier molecular flexibility index (Phi) is 4.14. The van der Waals surface area contributed by atoms with Gasteiger partial charge >= 0.3 is 0 Å². The zero-order chi connectivity index (χ0) is 19.8. The molecule has 0 N–H and O–H groups in total. The number of fused-ring (bicyclic) bond motifs is 1. The third kappa shape index (κ3) is 3.07. The van der Waals surface area contributed by atoms with Crippen molar-refractivity contribution in [1.82, 2.24) is 24.9 Å². The summed E-state index contributed by atoms with van der Waals surface area (Å²) in [6, 6.07) is 17.7. The number of aromatic nitrogens is 5. The fraction of sp³-hybridized carbons (Fsp3) is 0. The van der Waals surface area contributed by atoms with Gasteiger partial charge in [-0.1, -0.05) is 41.0 Å². The average Bonchev–Trinajstić information content (AvgIpc) is 3.25. The van der Waals surface area contributed by atoms with Gasteiger partial charge in [-0.3, -0.25) is 9.78 Å². The molecule has 0 atom stereocenters. The van der Waals surface area contributed by atoms with Crippen LogP contribution in [-0.4, -0.2) is 24.9 Å². The highest BCUT2D eigenvalue weighted by molar-refractivity contribution is 6.30. The Bertz CT molecular complexity index is 1400. The van der Waals surface area contributed by atoms with Gasteiger partial charge in [0.2, 0.25) is 5.82 Å². The van der Waals surface area contributed by atoms with Crippen LogP contribution in [0.5, 0.6) is 0 Å². The topological polar surface area (TPSA) is 86.7 Å². The predicted molar refractivity (Wildman–Crippen MR) is 109 cm³/mol. The molecule has 0 aliphatic rings. The smallest absolute Gasteiger partial charge is 0.279 e. The standard InChI is InChI=1S/C21H12ClN5O2/c22-14-6-3-7-15(11-14)27-21(28)17-9-2-1-8-16(17)18(25-27)20-24-19(26-29-20)13-5-4-10-23-12-13/h1-12H. The Hall–Kier alpha value is -3.84. The molecule has 5 rings (SSSR count). The van der Waals surface area contributed by atoms with E-state index in [4.69, 9.17) is 16.1 Å². The number of rotatable bonds is 3. The maximum Gasteiger partial charge on any atom is 0.279 e. The Morgan fingerprint density at radius 1 is 0.966 bits per heavy atom. The zero-order valence-corrected chi connectivity index (χ0v) is 15.6. The van der Waals surface area contributed by atoms with E-state index in [0.29, 0.717) is 33.0 Å². The molecule has 8 heteroatoms. The first-order valence-corrected chi connectivity index (χ1v) is 9.11. The van der Waals surface area contributed by atoms with Crippen LogP contribution in [0.4, 0.5) is 0 Å². The second kappa shape index (κ2) is 6.96. The van der Waals surface area contributed by atoms with Crippen molar-refractivity contribution in [3.63, 3.8) is 0 Å². The summed E-state index contributed by atoms with van der Waals surface area (Å²) in [6.07, 6.45) is 3.31. The van der Waals surface area contributed by atoms with E-state index in [1.807, 2.05) is 12.1 Å². The Morgan fingerprint density at radius 3 is 2.62 bits per heavy atom. The zero-order valence-electron chi connectivity index (χ0n) is 14.9. The van der Waals surface area contributed by atoms with Crippen LogP contribution in [0.2, 0.25) is 5.02 Å². The molecule has 29 heavy (non-hydrogen) atoms. The van der Waals surface area contributed by atoms with Crippen LogP contribution >= 0.6 is 11.6 Å². The quantitative estimate of drug-likeness (QED) is 0.451. The van der Waals surface area contributed by atoms with Crippen LogP contribution in [0, 0.1) is 0 Å². The Labute approximate surface area is 169 Å². The Morgan fingerprint density at radius 2 is 1.83 bits per heavy atom. The molecule has 0 fully saturated rings. The molecule has 0 saturated heterocycles.